The molecule has 0 aliphatic carbocycles. The van der Waals surface area contributed by atoms with Crippen LogP contribution in [-0.4, -0.2) is 68.2 Å². The highest BCUT2D eigenvalue weighted by Gasteiger charge is 2.31. The second kappa shape index (κ2) is 6.27. The number of piperazine rings is 1. The molecule has 2 saturated heterocycles. The molecule has 0 radical (unpaired) electrons. The topological polar surface area (TPSA) is 90.0 Å². The number of aromatic hydroxyl groups is 1. The maximum Gasteiger partial charge on any atom is 0.317 e. The van der Waals surface area contributed by atoms with E-state index in [1.165, 1.54) is 0 Å². The molecule has 3 rings (SSSR count). The summed E-state index contributed by atoms with van der Waals surface area (Å²) in [4.78, 5) is 16.0. The molecule has 1 aromatic carbocycles. The fourth-order valence-corrected chi connectivity index (χ4v) is 4.73. The van der Waals surface area contributed by atoms with Crippen LogP contribution in [0.2, 0.25) is 0 Å². The Labute approximate surface area is 135 Å². The first kappa shape index (κ1) is 15.9. The zero-order valence-corrected chi connectivity index (χ0v) is 13.6. The molecular formula is C15H21N3O4S. The maximum atomic E-state index is 12.2. The molecule has 126 valence electrons. The van der Waals surface area contributed by atoms with Crippen LogP contribution in [-0.2, 0) is 9.84 Å². The van der Waals surface area contributed by atoms with Crippen LogP contribution >= 0.6 is 0 Å². The fourth-order valence-electron chi connectivity index (χ4n) is 3.06. The lowest BCUT2D eigenvalue weighted by atomic mass is 10.2. The lowest BCUT2D eigenvalue weighted by molar-refractivity contribution is 0.191. The Morgan fingerprint density at radius 3 is 2.48 bits per heavy atom. The van der Waals surface area contributed by atoms with E-state index in [-0.39, 0.29) is 29.3 Å². The summed E-state index contributed by atoms with van der Waals surface area (Å²) in [6.07, 6.45) is 0.492. The predicted molar refractivity (Wildman–Crippen MR) is 87.5 cm³/mol. The van der Waals surface area contributed by atoms with Crippen LogP contribution in [0.1, 0.15) is 6.42 Å². The van der Waals surface area contributed by atoms with E-state index in [0.717, 1.165) is 5.69 Å². The Morgan fingerprint density at radius 1 is 1.17 bits per heavy atom. The summed E-state index contributed by atoms with van der Waals surface area (Å²) in [5.41, 5.74) is 0.773. The van der Waals surface area contributed by atoms with Crippen molar-refractivity contribution in [3.63, 3.8) is 0 Å². The van der Waals surface area contributed by atoms with Crippen molar-refractivity contribution in [1.29, 1.82) is 0 Å². The van der Waals surface area contributed by atoms with Crippen molar-refractivity contribution < 1.29 is 18.3 Å². The molecular weight excluding hydrogens is 318 g/mol. The van der Waals surface area contributed by atoms with Gasteiger partial charge in [-0.15, -0.1) is 0 Å². The van der Waals surface area contributed by atoms with Gasteiger partial charge in [0.25, 0.3) is 0 Å². The van der Waals surface area contributed by atoms with E-state index in [9.17, 15) is 18.3 Å². The number of anilines is 1. The number of phenolic OH excluding ortho intramolecular Hbond substituents is 1. The van der Waals surface area contributed by atoms with E-state index in [4.69, 9.17) is 0 Å². The quantitative estimate of drug-likeness (QED) is 0.815. The van der Waals surface area contributed by atoms with Gasteiger partial charge in [0.2, 0.25) is 0 Å². The van der Waals surface area contributed by atoms with E-state index in [2.05, 4.69) is 5.32 Å². The van der Waals surface area contributed by atoms with Crippen LogP contribution in [0.15, 0.2) is 24.3 Å². The molecule has 23 heavy (non-hydrogen) atoms. The smallest absolute Gasteiger partial charge is 0.317 e. The standard InChI is InChI=1S/C15H21N3O4S/c19-14-4-2-1-3-13(14)17-6-8-18(9-7-17)15(20)16-12-5-10-23(21,22)11-12/h1-4,12,19H,5-11H2,(H,16,20). The van der Waals surface area contributed by atoms with Crippen molar-refractivity contribution in [2.75, 3.05) is 42.6 Å². The Kier molecular flexibility index (Phi) is 4.34. The zero-order valence-electron chi connectivity index (χ0n) is 12.8. The van der Waals surface area contributed by atoms with E-state index in [1.54, 1.807) is 17.0 Å². The number of nitrogens with zero attached hydrogens (tertiary/aromatic N) is 2. The molecule has 2 aliphatic heterocycles. The third-order valence-electron chi connectivity index (χ3n) is 4.35. The van der Waals surface area contributed by atoms with Gasteiger partial charge in [0.05, 0.1) is 17.2 Å². The average Bonchev–Trinajstić information content (AvgIpc) is 2.87. The van der Waals surface area contributed by atoms with E-state index in [1.807, 2.05) is 17.0 Å². The molecule has 2 amide bonds. The summed E-state index contributed by atoms with van der Waals surface area (Å²) in [6.45, 7) is 2.35. The van der Waals surface area contributed by atoms with Crippen molar-refractivity contribution in [3.05, 3.63) is 24.3 Å². The monoisotopic (exact) mass is 339 g/mol. The number of hydrogen-bond donors (Lipinski definition) is 2. The molecule has 1 unspecified atom stereocenters. The Hall–Kier alpha value is -1.96. The van der Waals surface area contributed by atoms with Crippen LogP contribution < -0.4 is 10.2 Å². The number of phenols is 1. The van der Waals surface area contributed by atoms with Crippen LogP contribution in [0.5, 0.6) is 5.75 Å². The van der Waals surface area contributed by atoms with Gasteiger partial charge in [0.1, 0.15) is 5.75 Å². The normalized spacial score (nSPS) is 23.7. The molecule has 1 aromatic rings. The van der Waals surface area contributed by atoms with Gasteiger partial charge in [-0.05, 0) is 18.6 Å². The average molecular weight is 339 g/mol. The number of nitrogens with one attached hydrogen (secondary N) is 1. The SMILES string of the molecule is O=C(NC1CCS(=O)(=O)C1)N1CCN(c2ccccc2O)CC1. The van der Waals surface area contributed by atoms with Crippen LogP contribution in [0.4, 0.5) is 10.5 Å². The first-order valence-corrected chi connectivity index (χ1v) is 9.55. The summed E-state index contributed by atoms with van der Waals surface area (Å²) >= 11 is 0. The van der Waals surface area contributed by atoms with Crippen molar-refractivity contribution in [2.24, 2.45) is 0 Å². The summed E-state index contributed by atoms with van der Waals surface area (Å²) in [7, 11) is -2.99. The number of amides is 2. The highest BCUT2D eigenvalue weighted by molar-refractivity contribution is 7.91. The highest BCUT2D eigenvalue weighted by Crippen LogP contribution is 2.27. The first-order valence-electron chi connectivity index (χ1n) is 7.73. The van der Waals surface area contributed by atoms with E-state index < -0.39 is 9.84 Å². The first-order chi connectivity index (χ1) is 10.9. The van der Waals surface area contributed by atoms with E-state index >= 15 is 0 Å². The van der Waals surface area contributed by atoms with Gasteiger partial charge >= 0.3 is 6.03 Å². The van der Waals surface area contributed by atoms with Gasteiger partial charge in [-0.3, -0.25) is 0 Å². The highest BCUT2D eigenvalue weighted by atomic mass is 32.2. The van der Waals surface area contributed by atoms with Crippen LogP contribution in [0, 0.1) is 0 Å². The Morgan fingerprint density at radius 2 is 1.87 bits per heavy atom. The second-order valence-corrected chi connectivity index (χ2v) is 8.24. The molecule has 0 bridgehead atoms. The largest absolute Gasteiger partial charge is 0.506 e. The van der Waals surface area contributed by atoms with Gasteiger partial charge in [-0.1, -0.05) is 12.1 Å². The van der Waals surface area contributed by atoms with Crippen molar-refractivity contribution in [2.45, 2.75) is 12.5 Å². The molecule has 8 heteroatoms. The number of benzene rings is 1. The third-order valence-corrected chi connectivity index (χ3v) is 6.12. The minimum absolute atomic E-state index is 0.0383. The minimum Gasteiger partial charge on any atom is -0.506 e. The number of hydrogen-bond acceptors (Lipinski definition) is 5. The van der Waals surface area contributed by atoms with Gasteiger partial charge in [0.15, 0.2) is 9.84 Å². The lowest BCUT2D eigenvalue weighted by Crippen LogP contribution is -2.53. The van der Waals surface area contributed by atoms with Crippen molar-refractivity contribution >= 4 is 21.6 Å². The lowest BCUT2D eigenvalue weighted by Gasteiger charge is -2.36. The molecule has 0 aromatic heterocycles. The number of para-hydroxylation sites is 2. The van der Waals surface area contributed by atoms with Crippen molar-refractivity contribution in [3.8, 4) is 5.75 Å². The summed E-state index contributed by atoms with van der Waals surface area (Å²) < 4.78 is 22.9. The molecule has 2 aliphatic rings. The van der Waals surface area contributed by atoms with Crippen LogP contribution in [0.3, 0.4) is 0 Å². The van der Waals surface area contributed by atoms with E-state index in [0.29, 0.717) is 32.6 Å². The number of carbonyl (C=O) groups excluding carboxylic acids is 1. The molecule has 0 spiro atoms. The fraction of sp³-hybridized carbons (Fsp3) is 0.533. The third kappa shape index (κ3) is 3.69. The Balaban J connectivity index is 1.53. The van der Waals surface area contributed by atoms with Crippen LogP contribution in [0.25, 0.3) is 0 Å². The number of carbonyl (C=O) groups is 1. The summed E-state index contributed by atoms with van der Waals surface area (Å²) in [6, 6.07) is 6.67. The van der Waals surface area contributed by atoms with Crippen molar-refractivity contribution in [1.82, 2.24) is 10.2 Å². The zero-order chi connectivity index (χ0) is 16.4. The van der Waals surface area contributed by atoms with Gasteiger partial charge < -0.3 is 20.2 Å². The summed E-state index contributed by atoms with van der Waals surface area (Å²) in [5.74, 6) is 0.428. The molecule has 2 fully saturated rings. The molecule has 7 nitrogen and oxygen atoms in total. The molecule has 2 heterocycles. The van der Waals surface area contributed by atoms with Gasteiger partial charge in [0, 0.05) is 32.2 Å². The molecule has 0 saturated carbocycles. The Bertz CT molecular complexity index is 684. The predicted octanol–water partition coefficient (Wildman–Crippen LogP) is 0.411. The summed E-state index contributed by atoms with van der Waals surface area (Å²) in [5, 5.41) is 12.7. The molecule has 1 atom stereocenters. The number of rotatable bonds is 2. The van der Waals surface area contributed by atoms with Gasteiger partial charge in [-0.2, -0.15) is 0 Å². The minimum atomic E-state index is -2.99. The molecule has 2 N–H and O–H groups in total. The number of urea groups is 1. The maximum absolute atomic E-state index is 12.2. The number of sulfone groups is 1. The van der Waals surface area contributed by atoms with Gasteiger partial charge in [-0.25, -0.2) is 13.2 Å². The second-order valence-electron chi connectivity index (χ2n) is 6.01.